The number of carbonyl (C=O) groups excluding carboxylic acids is 3. The predicted molar refractivity (Wildman–Crippen MR) is 154 cm³/mol. The van der Waals surface area contributed by atoms with Crippen LogP contribution in [0.5, 0.6) is 11.5 Å². The molecule has 0 bridgehead atoms. The van der Waals surface area contributed by atoms with Gasteiger partial charge in [0.1, 0.15) is 4.90 Å². The number of hydrogen-bond acceptors (Lipinski definition) is 8. The Balaban J connectivity index is 1.60. The van der Waals surface area contributed by atoms with Gasteiger partial charge in [-0.2, -0.15) is 8.42 Å². The zero-order valence-electron chi connectivity index (χ0n) is 21.8. The van der Waals surface area contributed by atoms with Crippen molar-refractivity contribution < 1.29 is 31.7 Å². The third-order valence-electron chi connectivity index (χ3n) is 5.75. The Morgan fingerprint density at radius 2 is 1.80 bits per heavy atom. The van der Waals surface area contributed by atoms with Crippen molar-refractivity contribution >= 4 is 62.3 Å². The van der Waals surface area contributed by atoms with E-state index in [4.69, 9.17) is 20.5 Å². The molecule has 0 spiro atoms. The molecule has 3 aromatic carbocycles. The van der Waals surface area contributed by atoms with Crippen LogP contribution in [0.4, 0.5) is 10.5 Å². The summed E-state index contributed by atoms with van der Waals surface area (Å²) in [4.78, 5) is 38.1. The largest absolute Gasteiger partial charge is 0.490 e. The molecule has 1 heterocycles. The van der Waals surface area contributed by atoms with Crippen LogP contribution in [0.1, 0.15) is 30.5 Å². The van der Waals surface area contributed by atoms with Gasteiger partial charge in [0, 0.05) is 12.6 Å². The number of anilines is 1. The van der Waals surface area contributed by atoms with Crippen LogP contribution < -0.4 is 14.2 Å². The van der Waals surface area contributed by atoms with Gasteiger partial charge in [-0.1, -0.05) is 35.9 Å². The Labute approximate surface area is 241 Å². The van der Waals surface area contributed by atoms with Crippen molar-refractivity contribution in [3.63, 3.8) is 0 Å². The first-order valence-electron chi connectivity index (χ1n) is 12.1. The smallest absolute Gasteiger partial charge is 0.339 e. The van der Waals surface area contributed by atoms with E-state index in [0.29, 0.717) is 11.3 Å². The SMILES string of the molecule is CCOc1cc(/C=C2\SC(=O)N(Cc3ccccc3C)C2=O)cc(Cl)c1OS(=O)(=O)c1ccc(NC(C)=O)cc1. The highest BCUT2D eigenvalue weighted by molar-refractivity contribution is 8.18. The molecule has 0 aliphatic carbocycles. The minimum Gasteiger partial charge on any atom is -0.490 e. The number of ether oxygens (including phenoxy) is 1. The van der Waals surface area contributed by atoms with Gasteiger partial charge in [-0.05, 0) is 84.8 Å². The Morgan fingerprint density at radius 3 is 2.45 bits per heavy atom. The molecule has 0 saturated carbocycles. The molecule has 12 heteroatoms. The fourth-order valence-corrected chi connectivity index (χ4v) is 5.93. The number of amides is 3. The second kappa shape index (κ2) is 12.2. The molecule has 1 saturated heterocycles. The predicted octanol–water partition coefficient (Wildman–Crippen LogP) is 6.01. The molecule has 0 atom stereocenters. The topological polar surface area (TPSA) is 119 Å². The molecule has 1 aliphatic heterocycles. The minimum atomic E-state index is -4.32. The molecule has 1 N–H and O–H groups in total. The van der Waals surface area contributed by atoms with E-state index in [-0.39, 0.29) is 45.4 Å². The molecule has 3 aromatic rings. The zero-order valence-corrected chi connectivity index (χ0v) is 24.2. The van der Waals surface area contributed by atoms with Crippen molar-refractivity contribution in [1.82, 2.24) is 4.90 Å². The van der Waals surface area contributed by atoms with Gasteiger partial charge in [0.15, 0.2) is 5.75 Å². The quantitative estimate of drug-likeness (QED) is 0.234. The monoisotopic (exact) mass is 600 g/mol. The average Bonchev–Trinajstić information content (AvgIpc) is 3.15. The maximum atomic E-state index is 13.1. The fraction of sp³-hybridized carbons (Fsp3) is 0.179. The van der Waals surface area contributed by atoms with Gasteiger partial charge in [0.25, 0.3) is 11.1 Å². The molecule has 0 aromatic heterocycles. The fourth-order valence-electron chi connectivity index (χ4n) is 3.83. The summed E-state index contributed by atoms with van der Waals surface area (Å²) in [6.07, 6.45) is 1.50. The molecular weight excluding hydrogens is 576 g/mol. The summed E-state index contributed by atoms with van der Waals surface area (Å²) in [5.41, 5.74) is 2.67. The van der Waals surface area contributed by atoms with E-state index in [2.05, 4.69) is 5.32 Å². The number of carbonyl (C=O) groups is 3. The van der Waals surface area contributed by atoms with Gasteiger partial charge in [-0.15, -0.1) is 0 Å². The number of halogens is 1. The average molecular weight is 601 g/mol. The van der Waals surface area contributed by atoms with Crippen LogP contribution in [0, 0.1) is 6.92 Å². The van der Waals surface area contributed by atoms with E-state index in [9.17, 15) is 22.8 Å². The zero-order chi connectivity index (χ0) is 29.0. The maximum Gasteiger partial charge on any atom is 0.339 e. The number of aryl methyl sites for hydroxylation is 1. The highest BCUT2D eigenvalue weighted by atomic mass is 35.5. The number of thioether (sulfide) groups is 1. The van der Waals surface area contributed by atoms with Crippen LogP contribution in [0.15, 0.2) is 70.5 Å². The van der Waals surface area contributed by atoms with Gasteiger partial charge < -0.3 is 14.2 Å². The third-order valence-corrected chi connectivity index (χ3v) is 8.17. The van der Waals surface area contributed by atoms with E-state index in [1.807, 2.05) is 31.2 Å². The van der Waals surface area contributed by atoms with Crippen molar-refractivity contribution in [1.29, 1.82) is 0 Å². The van der Waals surface area contributed by atoms with Gasteiger partial charge >= 0.3 is 10.1 Å². The van der Waals surface area contributed by atoms with Crippen LogP contribution in [-0.4, -0.2) is 37.0 Å². The van der Waals surface area contributed by atoms with Crippen LogP contribution in [0.3, 0.4) is 0 Å². The lowest BCUT2D eigenvalue weighted by Gasteiger charge is -2.15. The van der Waals surface area contributed by atoms with Crippen LogP contribution in [0.2, 0.25) is 5.02 Å². The van der Waals surface area contributed by atoms with Crippen LogP contribution in [0.25, 0.3) is 6.08 Å². The van der Waals surface area contributed by atoms with Gasteiger partial charge in [-0.25, -0.2) is 0 Å². The number of benzene rings is 3. The van der Waals surface area contributed by atoms with Gasteiger partial charge in [-0.3, -0.25) is 19.3 Å². The second-order valence-corrected chi connectivity index (χ2v) is 11.6. The van der Waals surface area contributed by atoms with Crippen molar-refractivity contribution in [2.24, 2.45) is 0 Å². The highest BCUT2D eigenvalue weighted by Crippen LogP contribution is 2.41. The van der Waals surface area contributed by atoms with Crippen LogP contribution >= 0.6 is 23.4 Å². The molecule has 0 unspecified atom stereocenters. The van der Waals surface area contributed by atoms with E-state index in [1.54, 1.807) is 6.92 Å². The normalized spacial score (nSPS) is 14.5. The number of imide groups is 1. The first-order chi connectivity index (χ1) is 19.0. The van der Waals surface area contributed by atoms with Crippen molar-refractivity contribution in [3.8, 4) is 11.5 Å². The molecule has 1 fully saturated rings. The van der Waals surface area contributed by atoms with Gasteiger partial charge in [0.05, 0.1) is 23.1 Å². The molecule has 3 amide bonds. The number of hydrogen-bond donors (Lipinski definition) is 1. The lowest BCUT2D eigenvalue weighted by molar-refractivity contribution is -0.123. The standard InChI is InChI=1S/C28H25ClN2O7S2/c1-4-37-24-14-19(15-25-27(33)31(28(34)39-25)16-20-8-6-5-7-17(20)2)13-23(29)26(24)38-40(35,36)22-11-9-21(10-12-22)30-18(3)32/h5-15H,4,16H2,1-3H3,(H,30,32)/b25-15-. The summed E-state index contributed by atoms with van der Waals surface area (Å²) in [7, 11) is -4.32. The first kappa shape index (κ1) is 29.2. The van der Waals surface area contributed by atoms with Crippen molar-refractivity contribution in [2.45, 2.75) is 32.2 Å². The molecule has 208 valence electrons. The summed E-state index contributed by atoms with van der Waals surface area (Å²) in [6, 6.07) is 15.8. The summed E-state index contributed by atoms with van der Waals surface area (Å²) in [5.74, 6) is -0.924. The van der Waals surface area contributed by atoms with Crippen molar-refractivity contribution in [3.05, 3.63) is 87.3 Å². The number of nitrogens with zero attached hydrogens (tertiary/aromatic N) is 1. The number of nitrogens with one attached hydrogen (secondary N) is 1. The Hall–Kier alpha value is -3.80. The highest BCUT2D eigenvalue weighted by Gasteiger charge is 2.35. The summed E-state index contributed by atoms with van der Waals surface area (Å²) >= 11 is 7.24. The van der Waals surface area contributed by atoms with Crippen molar-refractivity contribution in [2.75, 3.05) is 11.9 Å². The van der Waals surface area contributed by atoms with Gasteiger partial charge in [0.2, 0.25) is 11.7 Å². The molecule has 0 radical (unpaired) electrons. The Morgan fingerprint density at radius 1 is 1.10 bits per heavy atom. The Kier molecular flexibility index (Phi) is 8.87. The lowest BCUT2D eigenvalue weighted by atomic mass is 10.1. The van der Waals surface area contributed by atoms with E-state index in [1.165, 1.54) is 54.3 Å². The van der Waals surface area contributed by atoms with E-state index in [0.717, 1.165) is 22.9 Å². The van der Waals surface area contributed by atoms with E-state index >= 15 is 0 Å². The van der Waals surface area contributed by atoms with E-state index < -0.39 is 21.3 Å². The molecule has 4 rings (SSSR count). The summed E-state index contributed by atoms with van der Waals surface area (Å²) in [6.45, 7) is 5.28. The van der Waals surface area contributed by atoms with Crippen LogP contribution in [-0.2, 0) is 26.3 Å². The maximum absolute atomic E-state index is 13.1. The summed E-state index contributed by atoms with van der Waals surface area (Å²) in [5, 5.41) is 2.08. The number of rotatable bonds is 9. The molecule has 40 heavy (non-hydrogen) atoms. The first-order valence-corrected chi connectivity index (χ1v) is 14.7. The second-order valence-electron chi connectivity index (χ2n) is 8.70. The third kappa shape index (κ3) is 6.67. The molecule has 9 nitrogen and oxygen atoms in total. The lowest BCUT2D eigenvalue weighted by Crippen LogP contribution is -2.27. The summed E-state index contributed by atoms with van der Waals surface area (Å²) < 4.78 is 36.9. The molecular formula is C28H25ClN2O7S2. The Bertz CT molecular complexity index is 1620. The molecule has 1 aliphatic rings. The minimum absolute atomic E-state index is 0.0406.